The second kappa shape index (κ2) is 8.32. The van der Waals surface area contributed by atoms with Gasteiger partial charge < -0.3 is 9.84 Å². The van der Waals surface area contributed by atoms with Crippen LogP contribution >= 0.6 is 0 Å². The number of hydrogen-bond donors (Lipinski definition) is 1. The Labute approximate surface area is 146 Å². The first-order chi connectivity index (χ1) is 11.7. The summed E-state index contributed by atoms with van der Waals surface area (Å²) in [5, 5.41) is 9.50. The van der Waals surface area contributed by atoms with Gasteiger partial charge in [0.1, 0.15) is 5.75 Å². The molecule has 0 spiro atoms. The van der Waals surface area contributed by atoms with Gasteiger partial charge in [-0.2, -0.15) is 0 Å². The number of aliphatic hydroxyl groups excluding tert-OH is 1. The van der Waals surface area contributed by atoms with E-state index in [0.717, 1.165) is 37.8 Å². The summed E-state index contributed by atoms with van der Waals surface area (Å²) in [7, 11) is 1.72. The summed E-state index contributed by atoms with van der Waals surface area (Å²) >= 11 is 0. The molecule has 0 bridgehead atoms. The molecule has 24 heavy (non-hydrogen) atoms. The lowest BCUT2D eigenvalue weighted by Crippen LogP contribution is -2.55. The largest absolute Gasteiger partial charge is 0.496 e. The minimum absolute atomic E-state index is 0.279. The van der Waals surface area contributed by atoms with Gasteiger partial charge in [-0.15, -0.1) is 0 Å². The first kappa shape index (κ1) is 17.7. The van der Waals surface area contributed by atoms with Gasteiger partial charge in [0.2, 0.25) is 0 Å². The van der Waals surface area contributed by atoms with Gasteiger partial charge in [0.25, 0.3) is 0 Å². The smallest absolute Gasteiger partial charge is 0.121 e. The molecule has 1 aliphatic heterocycles. The minimum Gasteiger partial charge on any atom is -0.496 e. The van der Waals surface area contributed by atoms with Crippen LogP contribution in [0.4, 0.5) is 0 Å². The molecule has 1 aromatic rings. The van der Waals surface area contributed by atoms with Crippen molar-refractivity contribution in [3.05, 3.63) is 29.3 Å². The first-order valence-electron chi connectivity index (χ1n) is 9.43. The number of benzene rings is 1. The van der Waals surface area contributed by atoms with Crippen molar-refractivity contribution in [3.63, 3.8) is 0 Å². The van der Waals surface area contributed by atoms with Crippen molar-refractivity contribution in [2.45, 2.75) is 57.7 Å². The normalized spacial score (nSPS) is 23.7. The van der Waals surface area contributed by atoms with Crippen LogP contribution in [0.1, 0.15) is 43.2 Å². The summed E-state index contributed by atoms with van der Waals surface area (Å²) in [6.07, 6.45) is 6.38. The number of ether oxygens (including phenoxy) is 1. The molecule has 0 amide bonds. The highest BCUT2D eigenvalue weighted by atomic mass is 16.5. The molecular weight excluding hydrogens is 300 g/mol. The van der Waals surface area contributed by atoms with Gasteiger partial charge >= 0.3 is 0 Å². The first-order valence-corrected chi connectivity index (χ1v) is 9.43. The van der Waals surface area contributed by atoms with E-state index in [1.165, 1.54) is 43.4 Å². The van der Waals surface area contributed by atoms with E-state index in [2.05, 4.69) is 34.9 Å². The summed E-state index contributed by atoms with van der Waals surface area (Å²) in [6, 6.07) is 7.73. The highest BCUT2D eigenvalue weighted by molar-refractivity contribution is 5.36. The van der Waals surface area contributed by atoms with E-state index in [4.69, 9.17) is 4.74 Å². The standard InChI is InChI=1S/C20H32N2O2/c1-16-13-17(7-8-20(16)24-2)14-21-10-11-22(15-19(21)9-12-23)18-5-3-4-6-18/h7-8,13,18-19,23H,3-6,9-12,14-15H2,1-2H3. The number of rotatable bonds is 6. The Morgan fingerprint density at radius 1 is 1.21 bits per heavy atom. The second-order valence-corrected chi connectivity index (χ2v) is 7.37. The lowest BCUT2D eigenvalue weighted by molar-refractivity contribution is 0.0326. The average Bonchev–Trinajstić information content (AvgIpc) is 3.11. The van der Waals surface area contributed by atoms with Crippen LogP contribution in [0.15, 0.2) is 18.2 Å². The van der Waals surface area contributed by atoms with Crippen molar-refractivity contribution in [2.24, 2.45) is 0 Å². The number of piperazine rings is 1. The molecule has 1 N–H and O–H groups in total. The fourth-order valence-electron chi connectivity index (χ4n) is 4.42. The van der Waals surface area contributed by atoms with Gasteiger partial charge in [-0.3, -0.25) is 9.80 Å². The quantitative estimate of drug-likeness (QED) is 0.869. The van der Waals surface area contributed by atoms with E-state index in [-0.39, 0.29) is 6.61 Å². The van der Waals surface area contributed by atoms with Crippen LogP contribution in [0, 0.1) is 6.92 Å². The highest BCUT2D eigenvalue weighted by Crippen LogP contribution is 2.27. The fourth-order valence-corrected chi connectivity index (χ4v) is 4.42. The van der Waals surface area contributed by atoms with Crippen molar-refractivity contribution in [1.29, 1.82) is 0 Å². The van der Waals surface area contributed by atoms with Crippen LogP contribution in [0.2, 0.25) is 0 Å². The Morgan fingerprint density at radius 2 is 2.00 bits per heavy atom. The predicted molar refractivity (Wildman–Crippen MR) is 97.5 cm³/mol. The summed E-state index contributed by atoms with van der Waals surface area (Å²) < 4.78 is 5.37. The van der Waals surface area contributed by atoms with E-state index in [0.29, 0.717) is 6.04 Å². The zero-order valence-corrected chi connectivity index (χ0v) is 15.2. The van der Waals surface area contributed by atoms with Crippen LogP contribution in [0.3, 0.4) is 0 Å². The zero-order chi connectivity index (χ0) is 16.9. The molecule has 134 valence electrons. The van der Waals surface area contributed by atoms with Gasteiger partial charge in [-0.1, -0.05) is 25.0 Å². The number of nitrogens with zero attached hydrogens (tertiary/aromatic N) is 2. The lowest BCUT2D eigenvalue weighted by atomic mass is 10.0. The summed E-state index contributed by atoms with van der Waals surface area (Å²) in [5.41, 5.74) is 2.53. The van der Waals surface area contributed by atoms with Crippen molar-refractivity contribution >= 4 is 0 Å². The maximum atomic E-state index is 9.50. The molecule has 2 aliphatic rings. The highest BCUT2D eigenvalue weighted by Gasteiger charge is 2.31. The average molecular weight is 332 g/mol. The number of hydrogen-bond acceptors (Lipinski definition) is 4. The molecule has 1 atom stereocenters. The zero-order valence-electron chi connectivity index (χ0n) is 15.2. The monoisotopic (exact) mass is 332 g/mol. The predicted octanol–water partition coefficient (Wildman–Crippen LogP) is 2.81. The van der Waals surface area contributed by atoms with E-state index < -0.39 is 0 Å². The Bertz CT molecular complexity index is 528. The van der Waals surface area contributed by atoms with Gasteiger partial charge in [0.15, 0.2) is 0 Å². The topological polar surface area (TPSA) is 35.9 Å². The minimum atomic E-state index is 0.279. The van der Waals surface area contributed by atoms with Gasteiger partial charge in [-0.25, -0.2) is 0 Å². The molecule has 3 rings (SSSR count). The fraction of sp³-hybridized carbons (Fsp3) is 0.700. The molecule has 1 aromatic carbocycles. The maximum absolute atomic E-state index is 9.50. The lowest BCUT2D eigenvalue weighted by Gasteiger charge is -2.44. The second-order valence-electron chi connectivity index (χ2n) is 7.37. The van der Waals surface area contributed by atoms with E-state index in [1.807, 2.05) is 0 Å². The third kappa shape index (κ3) is 4.11. The van der Waals surface area contributed by atoms with E-state index >= 15 is 0 Å². The van der Waals surface area contributed by atoms with Crippen LogP contribution < -0.4 is 4.74 Å². The molecule has 1 unspecified atom stereocenters. The summed E-state index contributed by atoms with van der Waals surface area (Å²) in [4.78, 5) is 5.24. The van der Waals surface area contributed by atoms with Crippen LogP contribution in [0.25, 0.3) is 0 Å². The molecule has 4 heteroatoms. The summed E-state index contributed by atoms with van der Waals surface area (Å²) in [6.45, 7) is 6.73. The number of methoxy groups -OCH3 is 1. The molecule has 0 aromatic heterocycles. The molecule has 1 aliphatic carbocycles. The van der Waals surface area contributed by atoms with Crippen LogP contribution in [-0.2, 0) is 6.54 Å². The molecule has 1 saturated heterocycles. The SMILES string of the molecule is COc1ccc(CN2CCN(C3CCCC3)CC2CCO)cc1C. The van der Waals surface area contributed by atoms with Crippen molar-refractivity contribution < 1.29 is 9.84 Å². The van der Waals surface area contributed by atoms with Gasteiger partial charge in [0.05, 0.1) is 7.11 Å². The van der Waals surface area contributed by atoms with Crippen molar-refractivity contribution in [3.8, 4) is 5.75 Å². The van der Waals surface area contributed by atoms with Crippen molar-refractivity contribution in [2.75, 3.05) is 33.4 Å². The Balaban J connectivity index is 1.64. The van der Waals surface area contributed by atoms with Crippen LogP contribution in [-0.4, -0.2) is 60.3 Å². The molecule has 1 heterocycles. The van der Waals surface area contributed by atoms with Gasteiger partial charge in [-0.05, 0) is 43.4 Å². The Kier molecular flexibility index (Phi) is 6.14. The third-order valence-electron chi connectivity index (χ3n) is 5.78. The Morgan fingerprint density at radius 3 is 2.67 bits per heavy atom. The Hall–Kier alpha value is -1.10. The van der Waals surface area contributed by atoms with E-state index in [1.54, 1.807) is 7.11 Å². The molecule has 4 nitrogen and oxygen atoms in total. The number of aliphatic hydroxyl groups is 1. The molecular formula is C20H32N2O2. The van der Waals surface area contributed by atoms with E-state index in [9.17, 15) is 5.11 Å². The molecule has 1 saturated carbocycles. The summed E-state index contributed by atoms with van der Waals surface area (Å²) in [5.74, 6) is 0.955. The maximum Gasteiger partial charge on any atom is 0.121 e. The molecule has 0 radical (unpaired) electrons. The van der Waals surface area contributed by atoms with Gasteiger partial charge in [0, 0.05) is 44.9 Å². The third-order valence-corrected chi connectivity index (χ3v) is 5.78. The van der Waals surface area contributed by atoms with Crippen molar-refractivity contribution in [1.82, 2.24) is 9.80 Å². The molecule has 2 fully saturated rings. The number of aryl methyl sites for hydroxylation is 1. The van der Waals surface area contributed by atoms with Crippen LogP contribution in [0.5, 0.6) is 5.75 Å².